The van der Waals surface area contributed by atoms with Crippen LogP contribution in [0.1, 0.15) is 59.3 Å². The average molecular weight is 238 g/mol. The van der Waals surface area contributed by atoms with Crippen LogP contribution in [0.2, 0.25) is 0 Å². The van der Waals surface area contributed by atoms with Crippen molar-refractivity contribution in [2.75, 3.05) is 6.54 Å². The van der Waals surface area contributed by atoms with Crippen molar-refractivity contribution in [2.45, 2.75) is 71.5 Å². The fraction of sp³-hybridized carbons (Fsp3) is 0.929. The summed E-state index contributed by atoms with van der Waals surface area (Å²) >= 11 is 0. The van der Waals surface area contributed by atoms with Gasteiger partial charge < -0.3 is 4.90 Å². The second-order valence-corrected chi connectivity index (χ2v) is 5.72. The molecule has 1 aliphatic carbocycles. The minimum atomic E-state index is 0.0638. The summed E-state index contributed by atoms with van der Waals surface area (Å²) in [6.07, 6.45) is 7.37. The highest BCUT2D eigenvalue weighted by atomic mass is 16.2. The molecule has 1 saturated carbocycles. The first-order valence-corrected chi connectivity index (χ1v) is 7.22. The van der Waals surface area contributed by atoms with Crippen LogP contribution in [0.4, 0.5) is 0 Å². The standard InChI is InChI=1S/C14H26N2O/c1-4-11-13(17)16(12(5-2)15-11)10-14(6-3)8-7-9-14/h11-12,15H,4-10H2,1-3H3. The molecule has 3 heteroatoms. The van der Waals surface area contributed by atoms with Crippen LogP contribution in [0.25, 0.3) is 0 Å². The lowest BCUT2D eigenvalue weighted by Crippen LogP contribution is -2.47. The Morgan fingerprint density at radius 3 is 2.41 bits per heavy atom. The average Bonchev–Trinajstić information content (AvgIpc) is 2.60. The largest absolute Gasteiger partial charge is 0.325 e. The molecule has 98 valence electrons. The molecule has 1 aliphatic heterocycles. The predicted octanol–water partition coefficient (Wildman–Crippen LogP) is 2.51. The van der Waals surface area contributed by atoms with Crippen LogP contribution in [0, 0.1) is 5.41 Å². The van der Waals surface area contributed by atoms with Gasteiger partial charge in [0.15, 0.2) is 0 Å². The van der Waals surface area contributed by atoms with Gasteiger partial charge in [-0.1, -0.05) is 27.2 Å². The van der Waals surface area contributed by atoms with Crippen LogP contribution in [0.15, 0.2) is 0 Å². The Labute approximate surface area is 105 Å². The zero-order valence-corrected chi connectivity index (χ0v) is 11.5. The molecule has 0 radical (unpaired) electrons. The Morgan fingerprint density at radius 1 is 1.29 bits per heavy atom. The zero-order chi connectivity index (χ0) is 12.5. The van der Waals surface area contributed by atoms with Gasteiger partial charge in [-0.2, -0.15) is 0 Å². The van der Waals surface area contributed by atoms with E-state index in [0.717, 1.165) is 19.4 Å². The van der Waals surface area contributed by atoms with Crippen LogP contribution in [0.3, 0.4) is 0 Å². The molecular formula is C14H26N2O. The molecule has 2 aliphatic rings. The van der Waals surface area contributed by atoms with E-state index in [1.54, 1.807) is 0 Å². The molecule has 0 aromatic carbocycles. The van der Waals surface area contributed by atoms with Gasteiger partial charge in [-0.3, -0.25) is 10.1 Å². The third-order valence-corrected chi connectivity index (χ3v) is 4.82. The van der Waals surface area contributed by atoms with E-state index in [2.05, 4.69) is 31.0 Å². The van der Waals surface area contributed by atoms with Crippen LogP contribution in [-0.2, 0) is 4.79 Å². The quantitative estimate of drug-likeness (QED) is 0.798. The third-order valence-electron chi connectivity index (χ3n) is 4.82. The number of carbonyl (C=O) groups excluding carboxylic acids is 1. The summed E-state index contributed by atoms with van der Waals surface area (Å²) in [5.41, 5.74) is 0.438. The summed E-state index contributed by atoms with van der Waals surface area (Å²) in [5.74, 6) is 0.332. The van der Waals surface area contributed by atoms with E-state index >= 15 is 0 Å². The number of carbonyl (C=O) groups is 1. The minimum Gasteiger partial charge on any atom is -0.325 e. The highest BCUT2D eigenvalue weighted by Crippen LogP contribution is 2.45. The number of rotatable bonds is 5. The Balaban J connectivity index is 2.05. The molecule has 2 unspecified atom stereocenters. The molecule has 17 heavy (non-hydrogen) atoms. The summed E-state index contributed by atoms with van der Waals surface area (Å²) in [6, 6.07) is 0.0638. The van der Waals surface area contributed by atoms with Gasteiger partial charge in [0, 0.05) is 6.54 Å². The SMILES string of the molecule is CCC1NC(CC)N(CC2(CC)CCC2)C1=O. The highest BCUT2D eigenvalue weighted by molar-refractivity contribution is 5.84. The first-order chi connectivity index (χ1) is 8.15. The second-order valence-electron chi connectivity index (χ2n) is 5.72. The van der Waals surface area contributed by atoms with Crippen molar-refractivity contribution in [2.24, 2.45) is 5.41 Å². The van der Waals surface area contributed by atoms with Crippen molar-refractivity contribution in [3.63, 3.8) is 0 Å². The summed E-state index contributed by atoms with van der Waals surface area (Å²) in [4.78, 5) is 14.4. The van der Waals surface area contributed by atoms with Crippen molar-refractivity contribution in [1.29, 1.82) is 0 Å². The normalized spacial score (nSPS) is 31.7. The van der Waals surface area contributed by atoms with E-state index in [1.807, 2.05) is 0 Å². The lowest BCUT2D eigenvalue weighted by Gasteiger charge is -2.45. The van der Waals surface area contributed by atoms with Crippen LogP contribution < -0.4 is 5.32 Å². The molecule has 2 atom stereocenters. The Morgan fingerprint density at radius 2 is 2.00 bits per heavy atom. The zero-order valence-electron chi connectivity index (χ0n) is 11.5. The molecule has 0 aromatic heterocycles. The van der Waals surface area contributed by atoms with E-state index in [1.165, 1.54) is 25.7 Å². The number of hydrogen-bond donors (Lipinski definition) is 1. The monoisotopic (exact) mass is 238 g/mol. The number of amides is 1. The van der Waals surface area contributed by atoms with Crippen molar-refractivity contribution >= 4 is 5.91 Å². The van der Waals surface area contributed by atoms with E-state index in [-0.39, 0.29) is 12.2 Å². The molecule has 1 amide bonds. The fourth-order valence-corrected chi connectivity index (χ4v) is 3.23. The van der Waals surface area contributed by atoms with Gasteiger partial charge >= 0.3 is 0 Å². The molecule has 1 N–H and O–H groups in total. The molecule has 2 fully saturated rings. The molecule has 0 bridgehead atoms. The second kappa shape index (κ2) is 4.97. The molecule has 0 aromatic rings. The lowest BCUT2D eigenvalue weighted by atomic mass is 9.66. The van der Waals surface area contributed by atoms with E-state index in [4.69, 9.17) is 0 Å². The van der Waals surface area contributed by atoms with Crippen LogP contribution in [-0.4, -0.2) is 29.6 Å². The fourth-order valence-electron chi connectivity index (χ4n) is 3.23. The highest BCUT2D eigenvalue weighted by Gasteiger charge is 2.43. The Bertz CT molecular complexity index is 280. The van der Waals surface area contributed by atoms with Gasteiger partial charge in [-0.15, -0.1) is 0 Å². The molecule has 0 spiro atoms. The first-order valence-electron chi connectivity index (χ1n) is 7.22. The summed E-state index contributed by atoms with van der Waals surface area (Å²) in [5, 5.41) is 3.46. The Kier molecular flexibility index (Phi) is 3.76. The maximum atomic E-state index is 12.3. The maximum absolute atomic E-state index is 12.3. The Hall–Kier alpha value is -0.570. The van der Waals surface area contributed by atoms with Crippen molar-refractivity contribution in [3.8, 4) is 0 Å². The summed E-state index contributed by atoms with van der Waals surface area (Å²) < 4.78 is 0. The van der Waals surface area contributed by atoms with Crippen LogP contribution >= 0.6 is 0 Å². The number of hydrogen-bond acceptors (Lipinski definition) is 2. The van der Waals surface area contributed by atoms with Gasteiger partial charge in [0.1, 0.15) is 0 Å². The smallest absolute Gasteiger partial charge is 0.241 e. The first kappa shape index (κ1) is 12.9. The third kappa shape index (κ3) is 2.22. The van der Waals surface area contributed by atoms with Crippen molar-refractivity contribution < 1.29 is 4.79 Å². The van der Waals surface area contributed by atoms with Gasteiger partial charge in [0.25, 0.3) is 0 Å². The molecular weight excluding hydrogens is 212 g/mol. The van der Waals surface area contributed by atoms with Gasteiger partial charge in [0.2, 0.25) is 5.91 Å². The van der Waals surface area contributed by atoms with Gasteiger partial charge in [-0.25, -0.2) is 0 Å². The van der Waals surface area contributed by atoms with Crippen molar-refractivity contribution in [3.05, 3.63) is 0 Å². The van der Waals surface area contributed by atoms with Gasteiger partial charge in [-0.05, 0) is 37.5 Å². The summed E-state index contributed by atoms with van der Waals surface area (Å²) in [6.45, 7) is 7.50. The maximum Gasteiger partial charge on any atom is 0.241 e. The molecule has 2 rings (SSSR count). The van der Waals surface area contributed by atoms with E-state index in [0.29, 0.717) is 11.3 Å². The number of nitrogens with zero attached hydrogens (tertiary/aromatic N) is 1. The van der Waals surface area contributed by atoms with Gasteiger partial charge in [0.05, 0.1) is 12.2 Å². The van der Waals surface area contributed by atoms with E-state index < -0.39 is 0 Å². The summed E-state index contributed by atoms with van der Waals surface area (Å²) in [7, 11) is 0. The predicted molar refractivity (Wildman–Crippen MR) is 69.6 cm³/mol. The van der Waals surface area contributed by atoms with Crippen LogP contribution in [0.5, 0.6) is 0 Å². The number of nitrogens with one attached hydrogen (secondary N) is 1. The lowest BCUT2D eigenvalue weighted by molar-refractivity contribution is -0.132. The van der Waals surface area contributed by atoms with E-state index in [9.17, 15) is 4.79 Å². The molecule has 1 heterocycles. The minimum absolute atomic E-state index is 0.0638. The van der Waals surface area contributed by atoms with Crippen molar-refractivity contribution in [1.82, 2.24) is 10.2 Å². The topological polar surface area (TPSA) is 32.3 Å². The molecule has 1 saturated heterocycles. The molecule has 3 nitrogen and oxygen atoms in total.